The van der Waals surface area contributed by atoms with Gasteiger partial charge in [-0.15, -0.1) is 0 Å². The van der Waals surface area contributed by atoms with E-state index in [1.165, 1.54) is 11.8 Å². The standard InChI is InChI=1S/C15H17ClN2O3S2/c1-2-14(19)17-15-18(7-10-3-5-11(16)6-4-10)12-8-23(20,21)9-13(12)22-15/h3-6,12-13H,2,7-9H2,1H3/t12-,13+/m1/s1. The Hall–Kier alpha value is -1.05. The van der Waals surface area contributed by atoms with Gasteiger partial charge in [0.05, 0.1) is 17.5 Å². The molecule has 2 aliphatic heterocycles. The van der Waals surface area contributed by atoms with Crippen molar-refractivity contribution in [3.63, 3.8) is 0 Å². The van der Waals surface area contributed by atoms with Crippen LogP contribution in [0.3, 0.4) is 0 Å². The molecule has 1 aromatic rings. The fraction of sp³-hybridized carbons (Fsp3) is 0.467. The van der Waals surface area contributed by atoms with Gasteiger partial charge in [-0.2, -0.15) is 4.99 Å². The van der Waals surface area contributed by atoms with E-state index in [0.29, 0.717) is 23.2 Å². The number of carbonyl (C=O) groups is 1. The smallest absolute Gasteiger partial charge is 0.247 e. The molecule has 0 spiro atoms. The summed E-state index contributed by atoms with van der Waals surface area (Å²) in [5, 5.41) is 1.24. The van der Waals surface area contributed by atoms with Crippen molar-refractivity contribution in [1.82, 2.24) is 4.90 Å². The highest BCUT2D eigenvalue weighted by atomic mass is 35.5. The Bertz CT molecular complexity index is 746. The van der Waals surface area contributed by atoms with Crippen LogP contribution in [0.15, 0.2) is 29.3 Å². The summed E-state index contributed by atoms with van der Waals surface area (Å²) >= 11 is 7.31. The van der Waals surface area contributed by atoms with Crippen LogP contribution in [0, 0.1) is 0 Å². The van der Waals surface area contributed by atoms with Crippen LogP contribution in [-0.2, 0) is 21.2 Å². The number of benzene rings is 1. The van der Waals surface area contributed by atoms with Crippen molar-refractivity contribution in [3.05, 3.63) is 34.9 Å². The average Bonchev–Trinajstić information content (AvgIpc) is 2.94. The molecule has 0 bridgehead atoms. The Labute approximate surface area is 145 Å². The first-order valence-electron chi connectivity index (χ1n) is 7.37. The molecule has 0 saturated carbocycles. The summed E-state index contributed by atoms with van der Waals surface area (Å²) in [5.74, 6) is 0.0903. The predicted molar refractivity (Wildman–Crippen MR) is 93.5 cm³/mol. The molecule has 2 atom stereocenters. The summed E-state index contributed by atoms with van der Waals surface area (Å²) in [7, 11) is -3.02. The van der Waals surface area contributed by atoms with Crippen LogP contribution in [0.2, 0.25) is 5.02 Å². The molecule has 0 aromatic heterocycles. The van der Waals surface area contributed by atoms with Gasteiger partial charge in [0.25, 0.3) is 0 Å². The highest BCUT2D eigenvalue weighted by Crippen LogP contribution is 2.39. The number of amidine groups is 1. The summed E-state index contributed by atoms with van der Waals surface area (Å²) in [6.07, 6.45) is 0.340. The van der Waals surface area contributed by atoms with E-state index in [4.69, 9.17) is 11.6 Å². The molecular formula is C15H17ClN2O3S2. The molecule has 124 valence electrons. The van der Waals surface area contributed by atoms with Crippen molar-refractivity contribution in [3.8, 4) is 0 Å². The van der Waals surface area contributed by atoms with E-state index in [0.717, 1.165) is 5.56 Å². The molecule has 0 unspecified atom stereocenters. The molecule has 0 aliphatic carbocycles. The van der Waals surface area contributed by atoms with Crippen LogP contribution in [0.5, 0.6) is 0 Å². The van der Waals surface area contributed by atoms with Gasteiger partial charge in [-0.05, 0) is 17.7 Å². The lowest BCUT2D eigenvalue weighted by molar-refractivity contribution is -0.117. The number of amides is 1. The van der Waals surface area contributed by atoms with Gasteiger partial charge in [0.1, 0.15) is 0 Å². The van der Waals surface area contributed by atoms with E-state index >= 15 is 0 Å². The summed E-state index contributed by atoms with van der Waals surface area (Å²) in [4.78, 5) is 17.8. The van der Waals surface area contributed by atoms with Gasteiger partial charge in [-0.1, -0.05) is 42.4 Å². The molecule has 2 fully saturated rings. The van der Waals surface area contributed by atoms with E-state index in [-0.39, 0.29) is 28.7 Å². The number of fused-ring (bicyclic) bond motifs is 1. The number of rotatable bonds is 3. The van der Waals surface area contributed by atoms with Gasteiger partial charge >= 0.3 is 0 Å². The highest BCUT2D eigenvalue weighted by Gasteiger charge is 2.48. The van der Waals surface area contributed by atoms with Gasteiger partial charge in [-0.3, -0.25) is 4.79 Å². The maximum absolute atomic E-state index is 11.9. The maximum Gasteiger partial charge on any atom is 0.247 e. The molecule has 3 rings (SSSR count). The topological polar surface area (TPSA) is 66.8 Å². The fourth-order valence-electron chi connectivity index (χ4n) is 2.79. The van der Waals surface area contributed by atoms with Crippen LogP contribution >= 0.6 is 23.4 Å². The quantitative estimate of drug-likeness (QED) is 0.814. The number of thioether (sulfide) groups is 1. The largest absolute Gasteiger partial charge is 0.342 e. The average molecular weight is 373 g/mol. The summed E-state index contributed by atoms with van der Waals surface area (Å²) in [5.41, 5.74) is 1.01. The molecule has 2 aliphatic rings. The van der Waals surface area contributed by atoms with E-state index in [9.17, 15) is 13.2 Å². The number of aliphatic imine (C=N–C) groups is 1. The second-order valence-corrected chi connectivity index (χ2v) is 9.49. The summed E-state index contributed by atoms with van der Waals surface area (Å²) in [6.45, 7) is 2.29. The first kappa shape index (κ1) is 16.8. The van der Waals surface area contributed by atoms with Crippen LogP contribution in [0.4, 0.5) is 0 Å². The normalized spacial score (nSPS) is 27.4. The lowest BCUT2D eigenvalue weighted by Crippen LogP contribution is -2.37. The lowest BCUT2D eigenvalue weighted by Gasteiger charge is -2.24. The van der Waals surface area contributed by atoms with E-state index in [2.05, 4.69) is 4.99 Å². The SMILES string of the molecule is CCC(=O)N=C1S[C@H]2CS(=O)(=O)C[C@H]2N1Cc1ccc(Cl)cc1. The minimum atomic E-state index is -3.02. The number of hydrogen-bond acceptors (Lipinski definition) is 4. The first-order valence-corrected chi connectivity index (χ1v) is 10.5. The molecule has 8 heteroatoms. The minimum absolute atomic E-state index is 0.0456. The van der Waals surface area contributed by atoms with E-state index in [1.54, 1.807) is 19.1 Å². The monoisotopic (exact) mass is 372 g/mol. The van der Waals surface area contributed by atoms with Gasteiger partial charge in [0.15, 0.2) is 15.0 Å². The summed E-state index contributed by atoms with van der Waals surface area (Å²) < 4.78 is 23.8. The third kappa shape index (κ3) is 3.72. The third-order valence-electron chi connectivity index (χ3n) is 3.96. The highest BCUT2D eigenvalue weighted by molar-refractivity contribution is 8.15. The zero-order valence-corrected chi connectivity index (χ0v) is 15.0. The third-order valence-corrected chi connectivity index (χ3v) is 7.46. The number of nitrogens with zero attached hydrogens (tertiary/aromatic N) is 2. The zero-order chi connectivity index (χ0) is 16.6. The number of sulfone groups is 1. The Morgan fingerprint density at radius 3 is 2.70 bits per heavy atom. The second-order valence-electron chi connectivity index (χ2n) is 5.70. The maximum atomic E-state index is 11.9. The molecule has 5 nitrogen and oxygen atoms in total. The Balaban J connectivity index is 1.88. The van der Waals surface area contributed by atoms with Crippen molar-refractivity contribution in [2.24, 2.45) is 4.99 Å². The number of halogens is 1. The number of carbonyl (C=O) groups excluding carboxylic acids is 1. The zero-order valence-electron chi connectivity index (χ0n) is 12.6. The Morgan fingerprint density at radius 1 is 1.35 bits per heavy atom. The lowest BCUT2D eigenvalue weighted by atomic mass is 10.1. The minimum Gasteiger partial charge on any atom is -0.342 e. The molecule has 2 heterocycles. The van der Waals surface area contributed by atoms with Gasteiger partial charge in [0, 0.05) is 23.2 Å². The molecule has 1 aromatic carbocycles. The fourth-order valence-corrected chi connectivity index (χ4v) is 6.89. The van der Waals surface area contributed by atoms with Crippen LogP contribution in [0.25, 0.3) is 0 Å². The van der Waals surface area contributed by atoms with Crippen molar-refractivity contribution in [2.75, 3.05) is 11.5 Å². The molecule has 2 saturated heterocycles. The number of hydrogen-bond donors (Lipinski definition) is 0. The molecule has 0 radical (unpaired) electrons. The van der Waals surface area contributed by atoms with Crippen molar-refractivity contribution >= 4 is 44.3 Å². The molecule has 0 N–H and O–H groups in total. The van der Waals surface area contributed by atoms with Gasteiger partial charge in [0.2, 0.25) is 5.91 Å². The van der Waals surface area contributed by atoms with Crippen molar-refractivity contribution < 1.29 is 13.2 Å². The predicted octanol–water partition coefficient (Wildman–Crippen LogP) is 2.35. The molecular weight excluding hydrogens is 356 g/mol. The molecule has 1 amide bonds. The second kappa shape index (κ2) is 6.45. The van der Waals surface area contributed by atoms with Crippen LogP contribution in [0.1, 0.15) is 18.9 Å². The van der Waals surface area contributed by atoms with E-state index in [1.807, 2.05) is 17.0 Å². The van der Waals surface area contributed by atoms with Crippen molar-refractivity contribution in [2.45, 2.75) is 31.2 Å². The first-order chi connectivity index (χ1) is 10.9. The Morgan fingerprint density at radius 2 is 2.04 bits per heavy atom. The summed E-state index contributed by atoms with van der Waals surface area (Å²) in [6, 6.07) is 7.30. The van der Waals surface area contributed by atoms with Crippen molar-refractivity contribution in [1.29, 1.82) is 0 Å². The van der Waals surface area contributed by atoms with Crippen LogP contribution < -0.4 is 0 Å². The van der Waals surface area contributed by atoms with E-state index < -0.39 is 9.84 Å². The Kier molecular flexibility index (Phi) is 4.71. The molecule has 23 heavy (non-hydrogen) atoms. The van der Waals surface area contributed by atoms with Gasteiger partial charge < -0.3 is 4.90 Å². The van der Waals surface area contributed by atoms with Gasteiger partial charge in [-0.25, -0.2) is 8.42 Å². The van der Waals surface area contributed by atoms with Crippen LogP contribution in [-0.4, -0.2) is 47.2 Å².